The van der Waals surface area contributed by atoms with Crippen LogP contribution in [0.4, 0.5) is 0 Å². The molecule has 0 aliphatic heterocycles. The van der Waals surface area contributed by atoms with Crippen LogP contribution in [0.2, 0.25) is 0 Å². The topological polar surface area (TPSA) is 40.8 Å². The van der Waals surface area contributed by atoms with Gasteiger partial charge in [-0.05, 0) is 44.9 Å². The van der Waals surface area contributed by atoms with Crippen LogP contribution in [0.25, 0.3) is 0 Å². The van der Waals surface area contributed by atoms with Gasteiger partial charge in [0.1, 0.15) is 0 Å². The minimum Gasteiger partial charge on any atom is -0.350 e. The van der Waals surface area contributed by atoms with Crippen molar-refractivity contribution in [3.8, 4) is 6.07 Å². The molecule has 0 spiro atoms. The summed E-state index contributed by atoms with van der Waals surface area (Å²) in [5.74, 6) is 0.672. The summed E-state index contributed by atoms with van der Waals surface area (Å²) < 4.78 is 2.24. The van der Waals surface area contributed by atoms with Crippen LogP contribution >= 0.6 is 0 Å². The molecule has 3 heteroatoms. The van der Waals surface area contributed by atoms with E-state index < -0.39 is 0 Å². The first kappa shape index (κ1) is 14.8. The molecule has 0 fully saturated rings. The van der Waals surface area contributed by atoms with Crippen molar-refractivity contribution in [3.63, 3.8) is 0 Å². The van der Waals surface area contributed by atoms with Crippen molar-refractivity contribution in [2.45, 2.75) is 47.2 Å². The van der Waals surface area contributed by atoms with Crippen LogP contribution in [-0.4, -0.2) is 11.1 Å². The maximum Gasteiger partial charge on any atom is 0.0684 e. The molecule has 0 aliphatic carbocycles. The molecule has 0 aromatic carbocycles. The van der Waals surface area contributed by atoms with Gasteiger partial charge in [-0.2, -0.15) is 5.26 Å². The molecule has 1 aromatic heterocycles. The van der Waals surface area contributed by atoms with E-state index in [0.29, 0.717) is 5.92 Å². The van der Waals surface area contributed by atoms with E-state index in [2.05, 4.69) is 48.1 Å². The third kappa shape index (κ3) is 4.93. The first-order valence-corrected chi connectivity index (χ1v) is 6.70. The number of aryl methyl sites for hydroxylation is 1. The van der Waals surface area contributed by atoms with Crippen molar-refractivity contribution in [2.75, 3.05) is 6.54 Å². The van der Waals surface area contributed by atoms with Gasteiger partial charge in [0.2, 0.25) is 0 Å². The lowest BCUT2D eigenvalue weighted by Gasteiger charge is -2.17. The van der Waals surface area contributed by atoms with Crippen molar-refractivity contribution in [2.24, 2.45) is 11.3 Å². The molecule has 18 heavy (non-hydrogen) atoms. The number of nitrogens with one attached hydrogen (secondary N) is 1. The van der Waals surface area contributed by atoms with Gasteiger partial charge in [-0.25, -0.2) is 0 Å². The minimum atomic E-state index is -0.243. The molecule has 0 amide bonds. The Morgan fingerprint density at radius 3 is 2.78 bits per heavy atom. The van der Waals surface area contributed by atoms with Crippen molar-refractivity contribution in [1.29, 1.82) is 5.26 Å². The second-order valence-electron chi connectivity index (χ2n) is 5.96. The van der Waals surface area contributed by atoms with Gasteiger partial charge in [0, 0.05) is 25.0 Å². The summed E-state index contributed by atoms with van der Waals surface area (Å²) in [6.07, 6.45) is 2.98. The highest BCUT2D eigenvalue weighted by Gasteiger charge is 2.16. The van der Waals surface area contributed by atoms with E-state index in [-0.39, 0.29) is 5.41 Å². The normalized spacial score (nSPS) is 11.8. The summed E-state index contributed by atoms with van der Waals surface area (Å²) in [4.78, 5) is 0. The number of nitriles is 1. The smallest absolute Gasteiger partial charge is 0.0684 e. The van der Waals surface area contributed by atoms with Crippen LogP contribution in [-0.2, 0) is 13.1 Å². The molecule has 1 heterocycles. The van der Waals surface area contributed by atoms with Crippen molar-refractivity contribution in [1.82, 2.24) is 9.88 Å². The molecular weight excluding hydrogens is 222 g/mol. The molecule has 0 unspecified atom stereocenters. The Morgan fingerprint density at radius 1 is 1.44 bits per heavy atom. The molecule has 1 aromatic rings. The monoisotopic (exact) mass is 247 g/mol. The second-order valence-corrected chi connectivity index (χ2v) is 5.96. The highest BCUT2D eigenvalue weighted by Crippen LogP contribution is 2.20. The molecule has 100 valence electrons. The van der Waals surface area contributed by atoms with Crippen LogP contribution in [0.1, 0.15) is 39.8 Å². The Kier molecular flexibility index (Phi) is 5.43. The first-order valence-electron chi connectivity index (χ1n) is 6.70. The Balaban J connectivity index is 2.48. The predicted octanol–water partition coefficient (Wildman–Crippen LogP) is 3.17. The van der Waals surface area contributed by atoms with E-state index in [1.54, 1.807) is 0 Å². The summed E-state index contributed by atoms with van der Waals surface area (Å²) >= 11 is 0. The van der Waals surface area contributed by atoms with Crippen LogP contribution < -0.4 is 5.32 Å². The summed E-state index contributed by atoms with van der Waals surface area (Å²) in [5, 5.41) is 12.5. The predicted molar refractivity (Wildman–Crippen MR) is 75.0 cm³/mol. The van der Waals surface area contributed by atoms with Gasteiger partial charge in [-0.1, -0.05) is 13.8 Å². The molecule has 0 saturated heterocycles. The molecule has 0 bridgehead atoms. The van der Waals surface area contributed by atoms with Crippen LogP contribution in [0.3, 0.4) is 0 Å². The van der Waals surface area contributed by atoms with Gasteiger partial charge in [0.05, 0.1) is 11.5 Å². The van der Waals surface area contributed by atoms with Crippen molar-refractivity contribution >= 4 is 0 Å². The zero-order valence-corrected chi connectivity index (χ0v) is 12.0. The fourth-order valence-electron chi connectivity index (χ4n) is 1.77. The van der Waals surface area contributed by atoms with Crippen molar-refractivity contribution < 1.29 is 0 Å². The average molecular weight is 247 g/mol. The van der Waals surface area contributed by atoms with E-state index in [1.807, 2.05) is 13.8 Å². The standard InChI is InChI=1S/C15H25N3/c1-13(2)10-17-11-14-6-5-8-18(14)9-7-15(3,4)12-16/h5-6,8,13,17H,7,9-11H2,1-4H3. The van der Waals surface area contributed by atoms with E-state index >= 15 is 0 Å². The van der Waals surface area contributed by atoms with Gasteiger partial charge in [-0.3, -0.25) is 0 Å². The quantitative estimate of drug-likeness (QED) is 0.804. The maximum absolute atomic E-state index is 9.02. The lowest BCUT2D eigenvalue weighted by Crippen LogP contribution is -2.21. The van der Waals surface area contributed by atoms with E-state index in [4.69, 9.17) is 5.26 Å². The molecule has 3 nitrogen and oxygen atoms in total. The zero-order chi connectivity index (χ0) is 13.6. The van der Waals surface area contributed by atoms with E-state index in [0.717, 1.165) is 26.1 Å². The lowest BCUT2D eigenvalue weighted by molar-refractivity contribution is 0.407. The summed E-state index contributed by atoms with van der Waals surface area (Å²) in [5.41, 5.74) is 1.05. The summed E-state index contributed by atoms with van der Waals surface area (Å²) in [7, 11) is 0. The zero-order valence-electron chi connectivity index (χ0n) is 12.0. The fraction of sp³-hybridized carbons (Fsp3) is 0.667. The Hall–Kier alpha value is -1.27. The third-order valence-electron chi connectivity index (χ3n) is 3.06. The molecule has 0 aliphatic rings. The largest absolute Gasteiger partial charge is 0.350 e. The van der Waals surface area contributed by atoms with E-state index in [9.17, 15) is 0 Å². The minimum absolute atomic E-state index is 0.243. The van der Waals surface area contributed by atoms with Gasteiger partial charge in [0.25, 0.3) is 0 Å². The summed E-state index contributed by atoms with van der Waals surface area (Å²) in [6.45, 7) is 11.3. The molecule has 1 N–H and O–H groups in total. The molecule has 1 rings (SSSR count). The third-order valence-corrected chi connectivity index (χ3v) is 3.06. The van der Waals surface area contributed by atoms with Crippen LogP contribution in [0.15, 0.2) is 18.3 Å². The molecular formula is C15H25N3. The van der Waals surface area contributed by atoms with Gasteiger partial charge in [0.15, 0.2) is 0 Å². The Morgan fingerprint density at radius 2 is 2.17 bits per heavy atom. The van der Waals surface area contributed by atoms with Gasteiger partial charge in [-0.15, -0.1) is 0 Å². The average Bonchev–Trinajstić information content (AvgIpc) is 2.74. The van der Waals surface area contributed by atoms with E-state index in [1.165, 1.54) is 5.69 Å². The van der Waals surface area contributed by atoms with Gasteiger partial charge >= 0.3 is 0 Å². The van der Waals surface area contributed by atoms with Crippen molar-refractivity contribution in [3.05, 3.63) is 24.0 Å². The van der Waals surface area contributed by atoms with Gasteiger partial charge < -0.3 is 9.88 Å². The summed E-state index contributed by atoms with van der Waals surface area (Å²) in [6, 6.07) is 6.57. The second kappa shape index (κ2) is 6.61. The number of hydrogen-bond acceptors (Lipinski definition) is 2. The maximum atomic E-state index is 9.02. The highest BCUT2D eigenvalue weighted by atomic mass is 15.0. The highest BCUT2D eigenvalue weighted by molar-refractivity contribution is 5.07. The SMILES string of the molecule is CC(C)CNCc1cccn1CCC(C)(C)C#N. The number of nitrogens with zero attached hydrogens (tertiary/aromatic N) is 2. The number of hydrogen-bond donors (Lipinski definition) is 1. The Bertz CT molecular complexity index is 396. The molecule has 0 atom stereocenters. The molecule has 0 radical (unpaired) electrons. The Labute approximate surface area is 111 Å². The fourth-order valence-corrected chi connectivity index (χ4v) is 1.77. The van der Waals surface area contributed by atoms with Crippen LogP contribution in [0, 0.1) is 22.7 Å². The first-order chi connectivity index (χ1) is 8.44. The molecule has 0 saturated carbocycles. The number of rotatable bonds is 7. The lowest BCUT2D eigenvalue weighted by atomic mass is 9.91. The van der Waals surface area contributed by atoms with Crippen LogP contribution in [0.5, 0.6) is 0 Å². The number of aromatic nitrogens is 1.